The molecule has 0 aromatic heterocycles. The Morgan fingerprint density at radius 3 is 2.54 bits per heavy atom. The molecule has 0 bridgehead atoms. The summed E-state index contributed by atoms with van der Waals surface area (Å²) in [5, 5.41) is 1.33. The van der Waals surface area contributed by atoms with Gasteiger partial charge in [0.1, 0.15) is 0 Å². The molecule has 0 aliphatic carbocycles. The zero-order valence-corrected chi connectivity index (χ0v) is 7.73. The fourth-order valence-corrected chi connectivity index (χ4v) is 1.18. The topological polar surface area (TPSA) is 36.9 Å². The van der Waals surface area contributed by atoms with E-state index in [0.717, 1.165) is 5.69 Å². The highest BCUT2D eigenvalue weighted by Crippen LogP contribution is 2.11. The second-order valence-corrected chi connectivity index (χ2v) is 2.62. The van der Waals surface area contributed by atoms with Gasteiger partial charge in [0.05, 0.1) is 0 Å². The van der Waals surface area contributed by atoms with Crippen LogP contribution in [0, 0.1) is 7.05 Å². The van der Waals surface area contributed by atoms with E-state index in [9.17, 15) is 4.79 Å². The normalized spacial score (nSPS) is 9.69. The molecule has 0 radical (unpaired) electrons. The summed E-state index contributed by atoms with van der Waals surface area (Å²) in [6, 6.07) is 9.50. The van der Waals surface area contributed by atoms with E-state index in [1.165, 1.54) is 5.32 Å². The number of para-hydroxylation sites is 1. The summed E-state index contributed by atoms with van der Waals surface area (Å²) in [6.07, 6.45) is 0. The molecule has 3 nitrogen and oxygen atoms in total. The zero-order chi connectivity index (χ0) is 9.68. The summed E-state index contributed by atoms with van der Waals surface area (Å²) in [4.78, 5) is 13.0. The lowest BCUT2D eigenvalue weighted by Gasteiger charge is -2.18. The number of urea groups is 1. The summed E-state index contributed by atoms with van der Waals surface area (Å²) < 4.78 is 0. The van der Waals surface area contributed by atoms with Gasteiger partial charge in [-0.15, -0.1) is 7.05 Å². The maximum atomic E-state index is 11.4. The first-order chi connectivity index (χ1) is 6.29. The molecule has 70 valence electrons. The van der Waals surface area contributed by atoms with Crippen molar-refractivity contribution >= 4 is 11.7 Å². The van der Waals surface area contributed by atoms with Crippen LogP contribution in [0.25, 0.3) is 0 Å². The molecule has 0 unspecified atom stereocenters. The molecular formula is C10H14N2O. The Hall–Kier alpha value is -1.35. The molecule has 1 rings (SSSR count). The molecule has 0 saturated carbocycles. The van der Waals surface area contributed by atoms with Crippen LogP contribution in [0.2, 0.25) is 0 Å². The fourth-order valence-electron chi connectivity index (χ4n) is 1.18. The molecule has 0 atom stereocenters. The molecule has 0 heterocycles. The van der Waals surface area contributed by atoms with Gasteiger partial charge in [0, 0.05) is 12.2 Å². The van der Waals surface area contributed by atoms with Gasteiger partial charge in [0.2, 0.25) is 0 Å². The van der Waals surface area contributed by atoms with Gasteiger partial charge >= 0.3 is 6.03 Å². The van der Waals surface area contributed by atoms with E-state index in [-0.39, 0.29) is 6.03 Å². The van der Waals surface area contributed by atoms with Crippen molar-refractivity contribution in [2.75, 3.05) is 11.4 Å². The van der Waals surface area contributed by atoms with Gasteiger partial charge < -0.3 is 5.32 Å². The summed E-state index contributed by atoms with van der Waals surface area (Å²) >= 11 is 0. The standard InChI is InChI=1S/C10H14N2O/c1-3-12(10(13)11-2)9-7-5-4-6-8-9/h4-8H,2-3,11H2,1H3. The number of carbonyl (C=O) groups excluding carboxylic acids is 1. The zero-order valence-electron chi connectivity index (χ0n) is 7.73. The van der Waals surface area contributed by atoms with Crippen molar-refractivity contribution in [1.29, 1.82) is 0 Å². The summed E-state index contributed by atoms with van der Waals surface area (Å²) in [6.45, 7) is 2.60. The maximum Gasteiger partial charge on any atom is 0.393 e. The smallest absolute Gasteiger partial charge is 0.393 e. The number of nitrogens with two attached hydrogens (primary N) is 1. The van der Waals surface area contributed by atoms with Crippen LogP contribution in [0.4, 0.5) is 10.5 Å². The third-order valence-electron chi connectivity index (χ3n) is 1.82. The number of anilines is 1. The van der Waals surface area contributed by atoms with Gasteiger partial charge in [-0.3, -0.25) is 4.90 Å². The Morgan fingerprint density at radius 1 is 1.46 bits per heavy atom. The Kier molecular flexibility index (Phi) is 3.46. The number of rotatable bonds is 2. The highest BCUT2D eigenvalue weighted by atomic mass is 16.2. The quantitative estimate of drug-likeness (QED) is 0.674. The second-order valence-electron chi connectivity index (χ2n) is 2.62. The van der Waals surface area contributed by atoms with Crippen LogP contribution in [0.15, 0.2) is 30.3 Å². The van der Waals surface area contributed by atoms with Gasteiger partial charge in [-0.2, -0.15) is 0 Å². The first-order valence-electron chi connectivity index (χ1n) is 4.28. The van der Waals surface area contributed by atoms with Crippen LogP contribution in [0.5, 0.6) is 0 Å². The van der Waals surface area contributed by atoms with Gasteiger partial charge in [-0.25, -0.2) is 4.79 Å². The SMILES string of the molecule is [CH2-][NH2+]C(=O)N(CC)c1ccccc1. The van der Waals surface area contributed by atoms with E-state index in [1.807, 2.05) is 37.3 Å². The minimum Gasteiger partial charge on any atom is -0.394 e. The van der Waals surface area contributed by atoms with E-state index >= 15 is 0 Å². The van der Waals surface area contributed by atoms with Crippen LogP contribution in [-0.2, 0) is 0 Å². The Bertz CT molecular complexity index is 272. The predicted octanol–water partition coefficient (Wildman–Crippen LogP) is 0.988. The Labute approximate surface area is 78.4 Å². The lowest BCUT2D eigenvalue weighted by atomic mass is 10.3. The predicted molar refractivity (Wildman–Crippen MR) is 52.1 cm³/mol. The number of carbonyl (C=O) groups is 1. The van der Waals surface area contributed by atoms with E-state index in [0.29, 0.717) is 6.54 Å². The van der Waals surface area contributed by atoms with Crippen LogP contribution >= 0.6 is 0 Å². The van der Waals surface area contributed by atoms with E-state index < -0.39 is 0 Å². The average molecular weight is 178 g/mol. The van der Waals surface area contributed by atoms with Crippen molar-refractivity contribution in [3.05, 3.63) is 37.4 Å². The van der Waals surface area contributed by atoms with Gasteiger partial charge in [-0.05, 0) is 19.1 Å². The number of benzene rings is 1. The van der Waals surface area contributed by atoms with Crippen molar-refractivity contribution in [1.82, 2.24) is 0 Å². The molecule has 13 heavy (non-hydrogen) atoms. The minimum atomic E-state index is -0.0614. The maximum absolute atomic E-state index is 11.4. The molecule has 1 aromatic rings. The van der Waals surface area contributed by atoms with E-state index in [4.69, 9.17) is 0 Å². The van der Waals surface area contributed by atoms with Gasteiger partial charge in [0.15, 0.2) is 0 Å². The molecule has 0 saturated heterocycles. The van der Waals surface area contributed by atoms with Crippen LogP contribution < -0.4 is 10.2 Å². The Balaban J connectivity index is 2.85. The molecule has 0 aliphatic heterocycles. The summed E-state index contributed by atoms with van der Waals surface area (Å²) in [5.74, 6) is 0. The lowest BCUT2D eigenvalue weighted by Crippen LogP contribution is -2.85. The number of hydrogen-bond donors (Lipinski definition) is 1. The molecule has 1 aromatic carbocycles. The van der Waals surface area contributed by atoms with Crippen molar-refractivity contribution in [3.8, 4) is 0 Å². The fraction of sp³-hybridized carbons (Fsp3) is 0.200. The molecule has 0 aliphatic rings. The highest BCUT2D eigenvalue weighted by molar-refractivity contribution is 5.84. The number of amides is 2. The van der Waals surface area contributed by atoms with Crippen LogP contribution in [0.3, 0.4) is 0 Å². The molecule has 0 spiro atoms. The van der Waals surface area contributed by atoms with Crippen molar-refractivity contribution in [3.63, 3.8) is 0 Å². The van der Waals surface area contributed by atoms with Crippen molar-refractivity contribution in [2.45, 2.75) is 6.92 Å². The highest BCUT2D eigenvalue weighted by Gasteiger charge is 2.12. The number of quaternary nitrogens is 1. The Morgan fingerprint density at radius 2 is 2.08 bits per heavy atom. The van der Waals surface area contributed by atoms with Gasteiger partial charge in [0.25, 0.3) is 0 Å². The van der Waals surface area contributed by atoms with Crippen molar-refractivity contribution < 1.29 is 10.1 Å². The average Bonchev–Trinajstić information content (AvgIpc) is 2.20. The minimum absolute atomic E-state index is 0.0614. The molecule has 2 N–H and O–H groups in total. The second kappa shape index (κ2) is 4.62. The van der Waals surface area contributed by atoms with E-state index in [1.54, 1.807) is 4.90 Å². The largest absolute Gasteiger partial charge is 0.394 e. The molecular weight excluding hydrogens is 164 g/mol. The van der Waals surface area contributed by atoms with E-state index in [2.05, 4.69) is 7.05 Å². The van der Waals surface area contributed by atoms with Gasteiger partial charge in [-0.1, -0.05) is 18.2 Å². The molecule has 2 amide bonds. The van der Waals surface area contributed by atoms with Crippen LogP contribution in [0.1, 0.15) is 6.92 Å². The first kappa shape index (κ1) is 9.74. The lowest BCUT2D eigenvalue weighted by molar-refractivity contribution is -0.487. The van der Waals surface area contributed by atoms with Crippen LogP contribution in [-0.4, -0.2) is 12.6 Å². The monoisotopic (exact) mass is 178 g/mol. The van der Waals surface area contributed by atoms with Crippen molar-refractivity contribution in [2.24, 2.45) is 0 Å². The number of nitrogens with zero attached hydrogens (tertiary/aromatic N) is 1. The first-order valence-corrected chi connectivity index (χ1v) is 4.28. The molecule has 0 fully saturated rings. The summed E-state index contributed by atoms with van der Waals surface area (Å²) in [7, 11) is 3.46. The third kappa shape index (κ3) is 2.29. The molecule has 3 heteroatoms. The number of primary amides is 1. The summed E-state index contributed by atoms with van der Waals surface area (Å²) in [5.41, 5.74) is 0.912. The number of hydrogen-bond acceptors (Lipinski definition) is 1. The third-order valence-corrected chi connectivity index (χ3v) is 1.82.